The number of benzene rings is 1. The van der Waals surface area contributed by atoms with Gasteiger partial charge in [-0.25, -0.2) is 4.79 Å². The van der Waals surface area contributed by atoms with Crippen LogP contribution in [-0.4, -0.2) is 34.6 Å². The summed E-state index contributed by atoms with van der Waals surface area (Å²) in [5.41, 5.74) is 7.51. The van der Waals surface area contributed by atoms with Crippen molar-refractivity contribution in [2.75, 3.05) is 6.54 Å². The molecule has 0 aromatic heterocycles. The molecule has 98 valence electrons. The van der Waals surface area contributed by atoms with Crippen LogP contribution in [0.1, 0.15) is 42.2 Å². The number of nitrogens with zero attached hydrogens (tertiary/aromatic N) is 1. The van der Waals surface area contributed by atoms with Crippen molar-refractivity contribution in [3.63, 3.8) is 0 Å². The van der Waals surface area contributed by atoms with Gasteiger partial charge in [0.2, 0.25) is 0 Å². The van der Waals surface area contributed by atoms with E-state index in [1.165, 1.54) is 0 Å². The highest BCUT2D eigenvalue weighted by Crippen LogP contribution is 2.33. The van der Waals surface area contributed by atoms with Crippen molar-refractivity contribution < 1.29 is 9.90 Å². The Morgan fingerprint density at radius 2 is 2.22 bits per heavy atom. The topological polar surface area (TPSA) is 66.6 Å². The second kappa shape index (κ2) is 5.08. The Morgan fingerprint density at radius 1 is 1.50 bits per heavy atom. The summed E-state index contributed by atoms with van der Waals surface area (Å²) in [4.78, 5) is 13.4. The van der Waals surface area contributed by atoms with Crippen molar-refractivity contribution in [1.29, 1.82) is 0 Å². The average Bonchev–Trinajstić information content (AvgIpc) is 2.71. The summed E-state index contributed by atoms with van der Waals surface area (Å²) in [5, 5.41) is 9.05. The highest BCUT2D eigenvalue weighted by atomic mass is 16.4. The molecule has 2 unspecified atom stereocenters. The molecule has 2 atom stereocenters. The van der Waals surface area contributed by atoms with Crippen LogP contribution in [0.5, 0.6) is 0 Å². The monoisotopic (exact) mass is 248 g/mol. The fourth-order valence-corrected chi connectivity index (χ4v) is 2.71. The van der Waals surface area contributed by atoms with Gasteiger partial charge in [0.1, 0.15) is 0 Å². The third kappa shape index (κ3) is 2.40. The van der Waals surface area contributed by atoms with E-state index in [0.717, 1.165) is 18.5 Å². The molecule has 18 heavy (non-hydrogen) atoms. The van der Waals surface area contributed by atoms with Gasteiger partial charge in [0.05, 0.1) is 11.6 Å². The Kier molecular flexibility index (Phi) is 3.68. The summed E-state index contributed by atoms with van der Waals surface area (Å²) in [7, 11) is 0. The van der Waals surface area contributed by atoms with Crippen LogP contribution in [0.2, 0.25) is 0 Å². The second-order valence-electron chi connectivity index (χ2n) is 5.16. The zero-order valence-corrected chi connectivity index (χ0v) is 10.8. The van der Waals surface area contributed by atoms with Crippen LogP contribution in [0.15, 0.2) is 24.3 Å². The predicted molar refractivity (Wildman–Crippen MR) is 70.6 cm³/mol. The smallest absolute Gasteiger partial charge is 0.335 e. The molecule has 1 fully saturated rings. The first kappa shape index (κ1) is 13.1. The number of hydrogen-bond donors (Lipinski definition) is 2. The van der Waals surface area contributed by atoms with Crippen molar-refractivity contribution in [2.45, 2.75) is 38.4 Å². The molecule has 0 saturated carbocycles. The zero-order chi connectivity index (χ0) is 13.3. The number of carboxylic acid groups (broad SMARTS) is 1. The minimum Gasteiger partial charge on any atom is -0.478 e. The van der Waals surface area contributed by atoms with Crippen LogP contribution in [-0.2, 0) is 0 Å². The van der Waals surface area contributed by atoms with Crippen LogP contribution >= 0.6 is 0 Å². The predicted octanol–water partition coefficient (Wildman–Crippen LogP) is 1.87. The lowest BCUT2D eigenvalue weighted by atomic mass is 9.98. The van der Waals surface area contributed by atoms with E-state index in [0.29, 0.717) is 11.6 Å². The van der Waals surface area contributed by atoms with Crippen molar-refractivity contribution in [1.82, 2.24) is 4.90 Å². The van der Waals surface area contributed by atoms with Gasteiger partial charge in [0.25, 0.3) is 0 Å². The first-order valence-electron chi connectivity index (χ1n) is 6.35. The molecule has 3 N–H and O–H groups in total. The number of nitrogens with two attached hydrogens (primary N) is 1. The summed E-state index contributed by atoms with van der Waals surface area (Å²) in [6, 6.07) is 7.75. The molecule has 0 radical (unpaired) electrons. The molecule has 0 spiro atoms. The Labute approximate surface area is 107 Å². The van der Waals surface area contributed by atoms with Crippen molar-refractivity contribution in [2.24, 2.45) is 5.73 Å². The van der Waals surface area contributed by atoms with E-state index in [4.69, 9.17) is 10.8 Å². The van der Waals surface area contributed by atoms with Gasteiger partial charge in [-0.15, -0.1) is 0 Å². The van der Waals surface area contributed by atoms with Crippen molar-refractivity contribution in [3.05, 3.63) is 35.4 Å². The lowest BCUT2D eigenvalue weighted by molar-refractivity contribution is 0.0696. The average molecular weight is 248 g/mol. The van der Waals surface area contributed by atoms with E-state index in [1.54, 1.807) is 18.2 Å². The number of carbonyl (C=O) groups is 1. The quantitative estimate of drug-likeness (QED) is 0.857. The second-order valence-corrected chi connectivity index (χ2v) is 5.16. The minimum atomic E-state index is -0.889. The van der Waals surface area contributed by atoms with Gasteiger partial charge in [0.15, 0.2) is 0 Å². The Hall–Kier alpha value is -1.39. The van der Waals surface area contributed by atoms with Crippen LogP contribution < -0.4 is 5.73 Å². The molecule has 1 aliphatic rings. The van der Waals surface area contributed by atoms with E-state index >= 15 is 0 Å². The molecule has 1 aromatic rings. The summed E-state index contributed by atoms with van der Waals surface area (Å²) >= 11 is 0. The van der Waals surface area contributed by atoms with Crippen LogP contribution in [0.4, 0.5) is 0 Å². The van der Waals surface area contributed by atoms with Crippen LogP contribution in [0.3, 0.4) is 0 Å². The summed E-state index contributed by atoms with van der Waals surface area (Å²) in [6.45, 7) is 5.26. The van der Waals surface area contributed by atoms with E-state index in [9.17, 15) is 4.79 Å². The minimum absolute atomic E-state index is 0.0800. The molecule has 0 amide bonds. The Balaban J connectivity index is 2.34. The van der Waals surface area contributed by atoms with E-state index in [2.05, 4.69) is 18.7 Å². The molecule has 2 rings (SSSR count). The lowest BCUT2D eigenvalue weighted by Gasteiger charge is -2.30. The highest BCUT2D eigenvalue weighted by molar-refractivity contribution is 5.87. The maximum absolute atomic E-state index is 11.0. The number of likely N-dealkylation sites (tertiary alicyclic amines) is 1. The van der Waals surface area contributed by atoms with Crippen molar-refractivity contribution >= 4 is 5.97 Å². The molecule has 1 aliphatic heterocycles. The van der Waals surface area contributed by atoms with Gasteiger partial charge in [-0.1, -0.05) is 12.1 Å². The summed E-state index contributed by atoms with van der Waals surface area (Å²) in [6.07, 6.45) is 0.958. The first-order chi connectivity index (χ1) is 8.50. The van der Waals surface area contributed by atoms with Gasteiger partial charge in [-0.05, 0) is 38.0 Å². The number of aromatic carboxylic acids is 1. The SMILES string of the molecule is CC(C)N1CCC(N)C1c1cccc(C(=O)O)c1. The molecule has 1 heterocycles. The lowest BCUT2D eigenvalue weighted by Crippen LogP contribution is -2.36. The fraction of sp³-hybridized carbons (Fsp3) is 0.500. The Morgan fingerprint density at radius 3 is 2.83 bits per heavy atom. The van der Waals surface area contributed by atoms with Gasteiger partial charge in [-0.2, -0.15) is 0 Å². The number of hydrogen-bond acceptors (Lipinski definition) is 3. The summed E-state index contributed by atoms with van der Waals surface area (Å²) < 4.78 is 0. The number of carboxylic acids is 1. The van der Waals surface area contributed by atoms with E-state index in [1.807, 2.05) is 6.07 Å². The number of rotatable bonds is 3. The fourth-order valence-electron chi connectivity index (χ4n) is 2.71. The first-order valence-corrected chi connectivity index (χ1v) is 6.35. The largest absolute Gasteiger partial charge is 0.478 e. The van der Waals surface area contributed by atoms with Gasteiger partial charge in [0, 0.05) is 18.6 Å². The van der Waals surface area contributed by atoms with E-state index < -0.39 is 5.97 Å². The van der Waals surface area contributed by atoms with Crippen molar-refractivity contribution in [3.8, 4) is 0 Å². The highest BCUT2D eigenvalue weighted by Gasteiger charge is 2.34. The van der Waals surface area contributed by atoms with Gasteiger partial charge >= 0.3 is 5.97 Å². The zero-order valence-electron chi connectivity index (χ0n) is 10.8. The molecular formula is C14H20N2O2. The maximum atomic E-state index is 11.0. The third-order valence-corrected chi connectivity index (χ3v) is 3.62. The molecular weight excluding hydrogens is 228 g/mol. The molecule has 4 heteroatoms. The Bertz CT molecular complexity index is 445. The molecule has 1 aromatic carbocycles. The third-order valence-electron chi connectivity index (χ3n) is 3.62. The molecule has 4 nitrogen and oxygen atoms in total. The van der Waals surface area contributed by atoms with Gasteiger partial charge in [-0.3, -0.25) is 4.90 Å². The molecule has 0 bridgehead atoms. The normalized spacial score (nSPS) is 24.7. The molecule has 0 aliphatic carbocycles. The van der Waals surface area contributed by atoms with Crippen LogP contribution in [0, 0.1) is 0 Å². The van der Waals surface area contributed by atoms with Gasteiger partial charge < -0.3 is 10.8 Å². The van der Waals surface area contributed by atoms with E-state index in [-0.39, 0.29) is 12.1 Å². The summed E-state index contributed by atoms with van der Waals surface area (Å²) in [5.74, 6) is -0.889. The standard InChI is InChI=1S/C14H20N2O2/c1-9(2)16-7-6-12(15)13(16)10-4-3-5-11(8-10)14(17)18/h3-5,8-9,12-13H,6-7,15H2,1-2H3,(H,17,18). The molecule has 1 saturated heterocycles. The maximum Gasteiger partial charge on any atom is 0.335 e. The van der Waals surface area contributed by atoms with Crippen LogP contribution in [0.25, 0.3) is 0 Å².